The number of hydrogen-bond acceptors (Lipinski definition) is 6. The van der Waals surface area contributed by atoms with Gasteiger partial charge in [-0.05, 0) is 86.3 Å². The Morgan fingerprint density at radius 2 is 0.944 bits per heavy atom. The van der Waals surface area contributed by atoms with Gasteiger partial charge in [0.15, 0.2) is 0 Å². The Kier molecular flexibility index (Phi) is 12.8. The Hall–Kier alpha value is -3.62. The van der Waals surface area contributed by atoms with Gasteiger partial charge >= 0.3 is 0 Å². The molecule has 194 valence electrons. The normalized spacial score (nSPS) is 11.3. The van der Waals surface area contributed by atoms with Gasteiger partial charge in [0.05, 0.1) is 0 Å². The van der Waals surface area contributed by atoms with Crippen molar-refractivity contribution in [2.75, 3.05) is 39.3 Å². The van der Waals surface area contributed by atoms with Gasteiger partial charge in [0.25, 0.3) is 0 Å². The summed E-state index contributed by atoms with van der Waals surface area (Å²) in [4.78, 5) is 29.1. The van der Waals surface area contributed by atoms with E-state index in [1.54, 1.807) is 70.5 Å². The number of carbonyl (C=O) groups excluding carboxylic acids is 2. The molecule has 0 aliphatic heterocycles. The van der Waals surface area contributed by atoms with Gasteiger partial charge in [0.2, 0.25) is 11.8 Å². The molecule has 8 nitrogen and oxygen atoms in total. The van der Waals surface area contributed by atoms with E-state index in [2.05, 4.69) is 0 Å². The van der Waals surface area contributed by atoms with Crippen molar-refractivity contribution in [3.63, 3.8) is 0 Å². The lowest BCUT2D eigenvalue weighted by Gasteiger charge is -2.24. The van der Waals surface area contributed by atoms with Crippen molar-refractivity contribution < 1.29 is 19.8 Å². The molecular weight excluding hydrogens is 456 g/mol. The smallest absolute Gasteiger partial charge is 0.246 e. The van der Waals surface area contributed by atoms with Crippen LogP contribution in [0.1, 0.15) is 36.8 Å². The summed E-state index contributed by atoms with van der Waals surface area (Å²) in [6, 6.07) is 13.3. The highest BCUT2D eigenvalue weighted by Gasteiger charge is 2.13. The largest absolute Gasteiger partial charge is 0.508 e. The second-order valence-corrected chi connectivity index (χ2v) is 8.49. The van der Waals surface area contributed by atoms with Crippen LogP contribution in [0, 0.1) is 0 Å². The number of hydrogen-bond donors (Lipinski definition) is 4. The first-order chi connectivity index (χ1) is 17.4. The molecule has 0 radical (unpaired) electrons. The number of unbranched alkanes of at least 4 members (excludes halogenated alkanes) is 1. The molecule has 0 saturated heterocycles. The molecule has 0 fully saturated rings. The van der Waals surface area contributed by atoms with E-state index in [4.69, 9.17) is 11.5 Å². The molecule has 2 aromatic carbocycles. The maximum Gasteiger partial charge on any atom is 0.246 e. The van der Waals surface area contributed by atoms with Crippen molar-refractivity contribution in [1.82, 2.24) is 9.80 Å². The van der Waals surface area contributed by atoms with Gasteiger partial charge in [0.1, 0.15) is 11.5 Å². The monoisotopic (exact) mass is 494 g/mol. The molecule has 6 N–H and O–H groups in total. The molecule has 0 saturated carbocycles. The van der Waals surface area contributed by atoms with Crippen LogP contribution in [0.4, 0.5) is 0 Å². The number of phenolic OH excluding ortho intramolecular Hbond substituents is 2. The molecule has 0 atom stereocenters. The minimum Gasteiger partial charge on any atom is -0.508 e. The van der Waals surface area contributed by atoms with Crippen LogP contribution in [0.2, 0.25) is 0 Å². The number of aromatic hydroxyl groups is 2. The predicted octanol–water partition coefficient (Wildman–Crippen LogP) is 2.96. The van der Waals surface area contributed by atoms with E-state index in [1.165, 1.54) is 12.2 Å². The number of nitrogens with two attached hydrogens (primary N) is 2. The minimum atomic E-state index is -0.0931. The zero-order chi connectivity index (χ0) is 26.2. The van der Waals surface area contributed by atoms with E-state index in [9.17, 15) is 19.8 Å². The number of nitrogens with zero attached hydrogens (tertiary/aromatic N) is 2. The molecular formula is C28H38N4O4. The summed E-state index contributed by atoms with van der Waals surface area (Å²) in [5, 5.41) is 18.8. The molecule has 0 heterocycles. The maximum atomic E-state index is 12.8. The number of amides is 2. The first-order valence-corrected chi connectivity index (χ1v) is 12.3. The average molecular weight is 495 g/mol. The van der Waals surface area contributed by atoms with Crippen molar-refractivity contribution in [2.45, 2.75) is 25.7 Å². The second kappa shape index (κ2) is 16.1. The van der Waals surface area contributed by atoms with Crippen molar-refractivity contribution >= 4 is 24.0 Å². The van der Waals surface area contributed by atoms with Gasteiger partial charge in [-0.15, -0.1) is 0 Å². The van der Waals surface area contributed by atoms with E-state index in [1.807, 2.05) is 0 Å². The molecule has 0 aromatic heterocycles. The highest BCUT2D eigenvalue weighted by Crippen LogP contribution is 2.12. The Labute approximate surface area is 213 Å². The molecule has 36 heavy (non-hydrogen) atoms. The van der Waals surface area contributed by atoms with Crippen molar-refractivity contribution in [2.24, 2.45) is 11.5 Å². The molecule has 0 unspecified atom stereocenters. The first-order valence-electron chi connectivity index (χ1n) is 12.3. The topological polar surface area (TPSA) is 133 Å². The Balaban J connectivity index is 1.90. The molecule has 2 amide bonds. The molecule has 2 rings (SSSR count). The van der Waals surface area contributed by atoms with Gasteiger partial charge < -0.3 is 31.5 Å². The fourth-order valence-corrected chi connectivity index (χ4v) is 3.55. The predicted molar refractivity (Wildman–Crippen MR) is 144 cm³/mol. The summed E-state index contributed by atoms with van der Waals surface area (Å²) < 4.78 is 0. The van der Waals surface area contributed by atoms with Gasteiger partial charge in [-0.3, -0.25) is 9.59 Å². The first kappa shape index (κ1) is 28.6. The fourth-order valence-electron chi connectivity index (χ4n) is 3.55. The third-order valence-corrected chi connectivity index (χ3v) is 5.62. The Morgan fingerprint density at radius 1 is 0.611 bits per heavy atom. The lowest BCUT2D eigenvalue weighted by atomic mass is 10.2. The van der Waals surface area contributed by atoms with E-state index in [0.717, 1.165) is 24.0 Å². The Morgan fingerprint density at radius 3 is 1.28 bits per heavy atom. The molecule has 0 aliphatic rings. The summed E-state index contributed by atoms with van der Waals surface area (Å²) in [7, 11) is 0. The van der Waals surface area contributed by atoms with Gasteiger partial charge in [-0.2, -0.15) is 0 Å². The van der Waals surface area contributed by atoms with Gasteiger partial charge in [-0.1, -0.05) is 24.3 Å². The van der Waals surface area contributed by atoms with Crippen LogP contribution >= 0.6 is 0 Å². The third-order valence-electron chi connectivity index (χ3n) is 5.62. The van der Waals surface area contributed by atoms with Crippen molar-refractivity contribution in [3.8, 4) is 11.5 Å². The molecule has 0 aliphatic carbocycles. The molecule has 8 heteroatoms. The van der Waals surface area contributed by atoms with E-state index < -0.39 is 0 Å². The van der Waals surface area contributed by atoms with E-state index >= 15 is 0 Å². The van der Waals surface area contributed by atoms with Crippen LogP contribution in [0.25, 0.3) is 12.2 Å². The lowest BCUT2D eigenvalue weighted by Crippen LogP contribution is -2.35. The SMILES string of the molecule is NCCCN(CCCCN(CCCN)C(=O)/C=C/c1ccc(O)cc1)C(=O)/C=C/c1ccc(O)cc1. The standard InChI is InChI=1S/C28H38N4O4/c29-17-3-21-31(27(35)15-9-23-5-11-25(33)12-6-23)19-1-2-20-32(22-4-18-30)28(36)16-10-24-7-13-26(34)14-8-24/h5-16,33-34H,1-4,17-22,29-30H2/b15-9+,16-10+. The van der Waals surface area contributed by atoms with Gasteiger partial charge in [-0.25, -0.2) is 0 Å². The van der Waals surface area contributed by atoms with Crippen LogP contribution in [0.5, 0.6) is 11.5 Å². The molecule has 2 aromatic rings. The molecule has 0 bridgehead atoms. The highest BCUT2D eigenvalue weighted by molar-refractivity contribution is 5.92. The maximum absolute atomic E-state index is 12.8. The minimum absolute atomic E-state index is 0.0931. The summed E-state index contributed by atoms with van der Waals surface area (Å²) in [6.45, 7) is 3.28. The van der Waals surface area contributed by atoms with Crippen molar-refractivity contribution in [1.29, 1.82) is 0 Å². The molecule has 0 spiro atoms. The van der Waals surface area contributed by atoms with Crippen LogP contribution in [-0.2, 0) is 9.59 Å². The second-order valence-electron chi connectivity index (χ2n) is 8.49. The Bertz CT molecular complexity index is 906. The highest BCUT2D eigenvalue weighted by atomic mass is 16.3. The zero-order valence-electron chi connectivity index (χ0n) is 20.8. The zero-order valence-corrected chi connectivity index (χ0v) is 20.8. The van der Waals surface area contributed by atoms with Crippen LogP contribution < -0.4 is 11.5 Å². The summed E-state index contributed by atoms with van der Waals surface area (Å²) >= 11 is 0. The van der Waals surface area contributed by atoms with Crippen molar-refractivity contribution in [3.05, 3.63) is 71.8 Å². The van der Waals surface area contributed by atoms with Crippen LogP contribution in [-0.4, -0.2) is 71.1 Å². The number of phenols is 2. The number of rotatable bonds is 15. The van der Waals surface area contributed by atoms with Crippen LogP contribution in [0.15, 0.2) is 60.7 Å². The summed E-state index contributed by atoms with van der Waals surface area (Å²) in [6.07, 6.45) is 9.44. The fraction of sp³-hybridized carbons (Fsp3) is 0.357. The number of carbonyl (C=O) groups is 2. The average Bonchev–Trinajstić information content (AvgIpc) is 2.88. The number of benzene rings is 2. The quantitative estimate of drug-likeness (QED) is 0.222. The summed E-state index contributed by atoms with van der Waals surface area (Å²) in [5.41, 5.74) is 13.0. The van der Waals surface area contributed by atoms with Gasteiger partial charge in [0, 0.05) is 38.3 Å². The summed E-state index contributed by atoms with van der Waals surface area (Å²) in [5.74, 6) is 0.171. The van der Waals surface area contributed by atoms with Crippen LogP contribution in [0.3, 0.4) is 0 Å². The van der Waals surface area contributed by atoms with E-state index in [-0.39, 0.29) is 23.3 Å². The lowest BCUT2D eigenvalue weighted by molar-refractivity contribution is -0.127. The van der Waals surface area contributed by atoms with E-state index in [0.29, 0.717) is 52.1 Å². The third kappa shape index (κ3) is 10.8.